The highest BCUT2D eigenvalue weighted by Crippen LogP contribution is 2.38. The van der Waals surface area contributed by atoms with Crippen molar-refractivity contribution in [3.8, 4) is 0 Å². The van der Waals surface area contributed by atoms with Crippen LogP contribution in [-0.4, -0.2) is 56.6 Å². The van der Waals surface area contributed by atoms with Crippen molar-refractivity contribution in [2.24, 2.45) is 0 Å². The topological polar surface area (TPSA) is 102 Å². The molecule has 3 heterocycles. The fourth-order valence-electron chi connectivity index (χ4n) is 4.65. The number of β-amino-alcohol motifs (C(OH)–C–C–N with tert-alkyl or cyclic N) is 1. The molecule has 2 aromatic rings. The fraction of sp³-hybridized carbons (Fsp3) is 0.583. The van der Waals surface area contributed by atoms with Crippen LogP contribution in [0.3, 0.4) is 0 Å². The first-order valence-corrected chi connectivity index (χ1v) is 13.2. The van der Waals surface area contributed by atoms with E-state index in [2.05, 4.69) is 32.2 Å². The third-order valence-electron chi connectivity index (χ3n) is 6.75. The predicted molar refractivity (Wildman–Crippen MR) is 134 cm³/mol. The number of nitrogens with zero attached hydrogens (tertiary/aromatic N) is 3. The first-order valence-electron chi connectivity index (χ1n) is 12.0. The molecule has 0 radical (unpaired) electrons. The Morgan fingerprint density at radius 3 is 2.56 bits per heavy atom. The quantitative estimate of drug-likeness (QED) is 0.456. The van der Waals surface area contributed by atoms with E-state index in [-0.39, 0.29) is 23.8 Å². The summed E-state index contributed by atoms with van der Waals surface area (Å²) in [5.41, 5.74) is -0.902. The molecule has 12 heteroatoms. The number of rotatable bonds is 6. The lowest BCUT2D eigenvalue weighted by Gasteiger charge is -2.38. The van der Waals surface area contributed by atoms with Gasteiger partial charge in [-0.2, -0.15) is 18.2 Å². The summed E-state index contributed by atoms with van der Waals surface area (Å²) in [6.45, 7) is 7.64. The van der Waals surface area contributed by atoms with Crippen LogP contribution in [0.4, 0.5) is 30.6 Å². The lowest BCUT2D eigenvalue weighted by atomic mass is 9.92. The van der Waals surface area contributed by atoms with Crippen LogP contribution in [0.1, 0.15) is 50.7 Å². The standard InChI is InChI=1S/C24H33F3N6O2S/c1-16-13-17(36(35)32-22(2)8-10-28-11-9-22)5-6-19(16)30-21-29-14-18(24(25,26)27)20(31-21)33-12-4-7-23(3,34)15-33/h5-6,13-14,28,32,34H,4,7-12,15H2,1-3H3,(H,29,30,31)/t23-,36?/m0/s1. The van der Waals surface area contributed by atoms with E-state index in [1.54, 1.807) is 25.1 Å². The number of hydrogen-bond donors (Lipinski definition) is 4. The minimum Gasteiger partial charge on any atom is -0.388 e. The molecule has 36 heavy (non-hydrogen) atoms. The molecular weight excluding hydrogens is 493 g/mol. The van der Waals surface area contributed by atoms with Gasteiger partial charge in [0.2, 0.25) is 5.95 Å². The Kier molecular flexibility index (Phi) is 7.61. The summed E-state index contributed by atoms with van der Waals surface area (Å²) >= 11 is 0. The molecule has 2 aliphatic rings. The van der Waals surface area contributed by atoms with Gasteiger partial charge >= 0.3 is 6.18 Å². The van der Waals surface area contributed by atoms with Crippen LogP contribution in [0, 0.1) is 6.92 Å². The first-order chi connectivity index (χ1) is 16.9. The molecule has 1 aromatic carbocycles. The molecule has 1 unspecified atom stereocenters. The van der Waals surface area contributed by atoms with Gasteiger partial charge in [-0.25, -0.2) is 13.9 Å². The normalized spacial score (nSPS) is 23.4. The van der Waals surface area contributed by atoms with E-state index in [1.807, 2.05) is 6.92 Å². The Morgan fingerprint density at radius 1 is 1.19 bits per heavy atom. The van der Waals surface area contributed by atoms with Crippen LogP contribution in [0.15, 0.2) is 29.3 Å². The molecule has 0 aliphatic carbocycles. The molecular formula is C24H33F3N6O2S. The maximum absolute atomic E-state index is 13.7. The van der Waals surface area contributed by atoms with Gasteiger partial charge in [-0.1, -0.05) is 0 Å². The summed E-state index contributed by atoms with van der Waals surface area (Å²) < 4.78 is 57.3. The van der Waals surface area contributed by atoms with Crippen LogP contribution >= 0.6 is 0 Å². The zero-order valence-corrected chi connectivity index (χ0v) is 21.5. The molecule has 0 saturated carbocycles. The van der Waals surface area contributed by atoms with Crippen LogP contribution in [0.5, 0.6) is 0 Å². The smallest absolute Gasteiger partial charge is 0.388 e. The summed E-state index contributed by atoms with van der Waals surface area (Å²) in [5, 5.41) is 16.7. The summed E-state index contributed by atoms with van der Waals surface area (Å²) in [7, 11) is -1.41. The van der Waals surface area contributed by atoms with Gasteiger partial charge in [0.1, 0.15) is 22.4 Å². The van der Waals surface area contributed by atoms with Crippen molar-refractivity contribution in [3.05, 3.63) is 35.5 Å². The number of aryl methyl sites for hydroxylation is 1. The second-order valence-corrected chi connectivity index (χ2v) is 11.4. The van der Waals surface area contributed by atoms with Gasteiger partial charge in [-0.15, -0.1) is 0 Å². The molecule has 198 valence electrons. The average Bonchev–Trinajstić information content (AvgIpc) is 2.79. The molecule has 2 saturated heterocycles. The van der Waals surface area contributed by atoms with Crippen LogP contribution < -0.4 is 20.3 Å². The molecule has 1 aromatic heterocycles. The highest BCUT2D eigenvalue weighted by atomic mass is 32.2. The number of benzene rings is 1. The maximum atomic E-state index is 13.7. The molecule has 2 atom stereocenters. The van der Waals surface area contributed by atoms with Crippen LogP contribution in [0.25, 0.3) is 0 Å². The van der Waals surface area contributed by atoms with Crippen molar-refractivity contribution in [1.29, 1.82) is 0 Å². The molecule has 8 nitrogen and oxygen atoms in total. The summed E-state index contributed by atoms with van der Waals surface area (Å²) in [6.07, 6.45) is -1.04. The van der Waals surface area contributed by atoms with Gasteiger partial charge in [0, 0.05) is 30.5 Å². The van der Waals surface area contributed by atoms with Crippen molar-refractivity contribution in [3.63, 3.8) is 0 Å². The highest BCUT2D eigenvalue weighted by Gasteiger charge is 2.39. The van der Waals surface area contributed by atoms with Crippen molar-refractivity contribution in [2.75, 3.05) is 36.4 Å². The second-order valence-electron chi connectivity index (χ2n) is 10.2. The van der Waals surface area contributed by atoms with E-state index in [4.69, 9.17) is 0 Å². The third-order valence-corrected chi connectivity index (χ3v) is 8.11. The Bertz CT molecular complexity index is 1120. The van der Waals surface area contributed by atoms with E-state index < -0.39 is 28.3 Å². The zero-order chi connectivity index (χ0) is 26.1. The van der Waals surface area contributed by atoms with Gasteiger partial charge in [0.25, 0.3) is 0 Å². The van der Waals surface area contributed by atoms with E-state index in [9.17, 15) is 22.5 Å². The van der Waals surface area contributed by atoms with Gasteiger partial charge in [-0.05, 0) is 83.3 Å². The first kappa shape index (κ1) is 26.8. The second kappa shape index (κ2) is 10.2. The SMILES string of the molecule is Cc1cc(S(=O)NC2(C)CCNCC2)ccc1Nc1ncc(C(F)(F)F)c(N2CCC[C@](C)(O)C2)n1. The summed E-state index contributed by atoms with van der Waals surface area (Å²) in [5.74, 6) is -0.240. The molecule has 4 rings (SSSR count). The lowest BCUT2D eigenvalue weighted by Crippen LogP contribution is -2.50. The fourth-order valence-corrected chi connectivity index (χ4v) is 5.90. The van der Waals surface area contributed by atoms with Crippen molar-refractivity contribution < 1.29 is 22.5 Å². The lowest BCUT2D eigenvalue weighted by molar-refractivity contribution is -0.137. The van der Waals surface area contributed by atoms with E-state index in [0.717, 1.165) is 37.7 Å². The number of anilines is 3. The minimum atomic E-state index is -4.63. The van der Waals surface area contributed by atoms with Gasteiger partial charge in [0.05, 0.1) is 10.5 Å². The monoisotopic (exact) mass is 526 g/mol. The number of aromatic nitrogens is 2. The van der Waals surface area contributed by atoms with Crippen LogP contribution in [0.2, 0.25) is 0 Å². The molecule has 2 aliphatic heterocycles. The molecule has 0 amide bonds. The minimum absolute atomic E-state index is 0.0144. The van der Waals surface area contributed by atoms with Gasteiger partial charge in [-0.3, -0.25) is 0 Å². The molecule has 2 fully saturated rings. The number of halogens is 3. The summed E-state index contributed by atoms with van der Waals surface area (Å²) in [4.78, 5) is 10.2. The Labute approximate surface area is 211 Å². The van der Waals surface area contributed by atoms with Gasteiger partial charge < -0.3 is 20.6 Å². The Hall–Kier alpha value is -2.28. The number of alkyl halides is 3. The number of hydrogen-bond acceptors (Lipinski definition) is 7. The van der Waals surface area contributed by atoms with E-state index >= 15 is 0 Å². The van der Waals surface area contributed by atoms with Gasteiger partial charge in [0.15, 0.2) is 0 Å². The largest absolute Gasteiger partial charge is 0.421 e. The Balaban J connectivity index is 1.55. The van der Waals surface area contributed by atoms with E-state index in [1.165, 1.54) is 4.90 Å². The number of piperidine rings is 2. The number of aliphatic hydroxyl groups is 1. The third kappa shape index (κ3) is 6.34. The summed E-state index contributed by atoms with van der Waals surface area (Å²) in [6, 6.07) is 5.22. The van der Waals surface area contributed by atoms with Crippen molar-refractivity contribution >= 4 is 28.4 Å². The van der Waals surface area contributed by atoms with E-state index in [0.29, 0.717) is 30.0 Å². The highest BCUT2D eigenvalue weighted by molar-refractivity contribution is 7.83. The Morgan fingerprint density at radius 2 is 1.92 bits per heavy atom. The van der Waals surface area contributed by atoms with Crippen molar-refractivity contribution in [2.45, 2.75) is 68.7 Å². The predicted octanol–water partition coefficient (Wildman–Crippen LogP) is 3.65. The molecule has 0 spiro atoms. The zero-order valence-electron chi connectivity index (χ0n) is 20.7. The maximum Gasteiger partial charge on any atom is 0.421 e. The number of nitrogens with one attached hydrogen (secondary N) is 3. The average molecular weight is 527 g/mol. The van der Waals surface area contributed by atoms with Crippen LogP contribution in [-0.2, 0) is 17.2 Å². The molecule has 4 N–H and O–H groups in total. The molecule has 0 bridgehead atoms. The van der Waals surface area contributed by atoms with Crippen molar-refractivity contribution in [1.82, 2.24) is 20.0 Å².